The van der Waals surface area contributed by atoms with E-state index in [9.17, 15) is 9.59 Å². The third-order valence-electron chi connectivity index (χ3n) is 4.27. The molecule has 0 spiro atoms. The molecular weight excluding hydrogens is 390 g/mol. The number of fused-ring (bicyclic) bond motifs is 1. The summed E-state index contributed by atoms with van der Waals surface area (Å²) in [5.41, 5.74) is 1.35. The van der Waals surface area contributed by atoms with E-state index in [4.69, 9.17) is 20.8 Å². The first-order valence-corrected chi connectivity index (χ1v) is 9.29. The van der Waals surface area contributed by atoms with E-state index < -0.39 is 0 Å². The Morgan fingerprint density at radius 3 is 2.38 bits per heavy atom. The van der Waals surface area contributed by atoms with Gasteiger partial charge in [0.05, 0.1) is 5.39 Å². The maximum Gasteiger partial charge on any atom is 0.262 e. The second-order valence-electron chi connectivity index (χ2n) is 6.30. The van der Waals surface area contributed by atoms with Gasteiger partial charge in [-0.1, -0.05) is 41.9 Å². The molecule has 1 N–H and O–H groups in total. The normalized spacial score (nSPS) is 10.7. The molecule has 1 amide bonds. The Kier molecular flexibility index (Phi) is 5.31. The molecule has 0 atom stereocenters. The van der Waals surface area contributed by atoms with Gasteiger partial charge < -0.3 is 14.5 Å². The molecule has 6 heteroatoms. The number of nitrogens with one attached hydrogen (secondary N) is 1. The number of ether oxygens (including phenoxy) is 1. The zero-order valence-electron chi connectivity index (χ0n) is 15.2. The summed E-state index contributed by atoms with van der Waals surface area (Å²) in [5.74, 6) is -0.155. The molecule has 0 saturated carbocycles. The zero-order chi connectivity index (χ0) is 20.2. The van der Waals surface area contributed by atoms with Gasteiger partial charge in [-0.25, -0.2) is 0 Å². The summed E-state index contributed by atoms with van der Waals surface area (Å²) in [6.45, 7) is -0.335. The van der Waals surface area contributed by atoms with Crippen molar-refractivity contribution in [2.75, 3.05) is 11.9 Å². The largest absolute Gasteiger partial charge is 0.476 e. The summed E-state index contributed by atoms with van der Waals surface area (Å²) < 4.78 is 11.6. The van der Waals surface area contributed by atoms with Gasteiger partial charge in [-0.05, 0) is 48.5 Å². The maximum absolute atomic E-state index is 13.0. The van der Waals surface area contributed by atoms with Crippen molar-refractivity contribution in [2.45, 2.75) is 0 Å². The van der Waals surface area contributed by atoms with Crippen LogP contribution in [0, 0.1) is 0 Å². The maximum atomic E-state index is 13.0. The second-order valence-corrected chi connectivity index (χ2v) is 6.73. The summed E-state index contributed by atoms with van der Waals surface area (Å²) in [4.78, 5) is 25.3. The van der Waals surface area contributed by atoms with Crippen molar-refractivity contribution in [1.82, 2.24) is 0 Å². The molecule has 0 aliphatic heterocycles. The minimum Gasteiger partial charge on any atom is -0.476 e. The van der Waals surface area contributed by atoms with Crippen molar-refractivity contribution >= 4 is 34.2 Å². The number of para-hydroxylation sites is 2. The first kappa shape index (κ1) is 18.8. The van der Waals surface area contributed by atoms with Gasteiger partial charge in [0.15, 0.2) is 12.4 Å². The summed E-state index contributed by atoms with van der Waals surface area (Å²) in [7, 11) is 0. The number of carbonyl (C=O) groups excluding carboxylic acids is 1. The first-order valence-electron chi connectivity index (χ1n) is 8.91. The highest BCUT2D eigenvalue weighted by Crippen LogP contribution is 2.31. The first-order chi connectivity index (χ1) is 14.1. The lowest BCUT2D eigenvalue weighted by Crippen LogP contribution is -2.22. The standard InChI is InChI=1S/C23H16ClNO4/c24-16-12-10-15(11-13-16)22-23(21(27)18-8-4-5-9-19(18)29-22)28-14-20(26)25-17-6-2-1-3-7-17/h1-13H,14H2,(H,25,26). The predicted octanol–water partition coefficient (Wildman–Crippen LogP) is 5.13. The summed E-state index contributed by atoms with van der Waals surface area (Å²) >= 11 is 5.97. The van der Waals surface area contributed by atoms with Crippen LogP contribution in [-0.4, -0.2) is 12.5 Å². The molecule has 144 valence electrons. The van der Waals surface area contributed by atoms with Crippen LogP contribution in [0.5, 0.6) is 5.75 Å². The average Bonchev–Trinajstić information content (AvgIpc) is 2.74. The summed E-state index contributed by atoms with van der Waals surface area (Å²) in [6, 6.07) is 22.7. The van der Waals surface area contributed by atoms with Gasteiger partial charge in [0, 0.05) is 16.3 Å². The molecule has 0 fully saturated rings. The van der Waals surface area contributed by atoms with Crippen molar-refractivity contribution in [3.8, 4) is 17.1 Å². The number of rotatable bonds is 5. The number of halogens is 1. The van der Waals surface area contributed by atoms with E-state index in [0.717, 1.165) is 0 Å². The van der Waals surface area contributed by atoms with Crippen molar-refractivity contribution in [3.05, 3.63) is 94.1 Å². The highest BCUT2D eigenvalue weighted by molar-refractivity contribution is 6.30. The zero-order valence-corrected chi connectivity index (χ0v) is 16.0. The van der Waals surface area contributed by atoms with Crippen LogP contribution in [0.3, 0.4) is 0 Å². The molecule has 0 bridgehead atoms. The van der Waals surface area contributed by atoms with E-state index in [0.29, 0.717) is 27.2 Å². The highest BCUT2D eigenvalue weighted by Gasteiger charge is 2.18. The Morgan fingerprint density at radius 2 is 1.62 bits per heavy atom. The van der Waals surface area contributed by atoms with Gasteiger partial charge in [0.1, 0.15) is 5.58 Å². The van der Waals surface area contributed by atoms with Crippen LogP contribution >= 0.6 is 11.6 Å². The number of amides is 1. The minimum absolute atomic E-state index is 0.0192. The summed E-state index contributed by atoms with van der Waals surface area (Å²) in [6.07, 6.45) is 0. The molecule has 1 aromatic heterocycles. The molecular formula is C23H16ClNO4. The van der Waals surface area contributed by atoms with Gasteiger partial charge in [0.25, 0.3) is 5.91 Å². The van der Waals surface area contributed by atoms with Gasteiger partial charge >= 0.3 is 0 Å². The van der Waals surface area contributed by atoms with Crippen LogP contribution in [0.15, 0.2) is 88.1 Å². The lowest BCUT2D eigenvalue weighted by atomic mass is 10.1. The topological polar surface area (TPSA) is 68.5 Å². The monoisotopic (exact) mass is 405 g/mol. The van der Waals surface area contributed by atoms with Crippen LogP contribution < -0.4 is 15.5 Å². The number of hydrogen-bond donors (Lipinski definition) is 1. The fourth-order valence-electron chi connectivity index (χ4n) is 2.90. The van der Waals surface area contributed by atoms with E-state index in [1.54, 1.807) is 60.7 Å². The van der Waals surface area contributed by atoms with E-state index in [1.807, 2.05) is 18.2 Å². The van der Waals surface area contributed by atoms with Gasteiger partial charge in [0.2, 0.25) is 11.2 Å². The number of anilines is 1. The van der Waals surface area contributed by atoms with E-state index in [2.05, 4.69) is 5.32 Å². The average molecular weight is 406 g/mol. The summed E-state index contributed by atoms with van der Waals surface area (Å²) in [5, 5.41) is 3.66. The van der Waals surface area contributed by atoms with Crippen LogP contribution in [0.25, 0.3) is 22.3 Å². The van der Waals surface area contributed by atoms with E-state index in [-0.39, 0.29) is 29.5 Å². The minimum atomic E-state index is -0.384. The Labute approximate surface area is 171 Å². The van der Waals surface area contributed by atoms with Gasteiger partial charge in [-0.2, -0.15) is 0 Å². The van der Waals surface area contributed by atoms with Gasteiger partial charge in [-0.15, -0.1) is 0 Å². The van der Waals surface area contributed by atoms with Crippen molar-refractivity contribution in [1.29, 1.82) is 0 Å². The van der Waals surface area contributed by atoms with Gasteiger partial charge in [-0.3, -0.25) is 9.59 Å². The molecule has 0 saturated heterocycles. The highest BCUT2D eigenvalue weighted by atomic mass is 35.5. The van der Waals surface area contributed by atoms with E-state index in [1.165, 1.54) is 0 Å². The van der Waals surface area contributed by atoms with E-state index >= 15 is 0 Å². The second kappa shape index (κ2) is 8.20. The Hall–Kier alpha value is -3.57. The molecule has 0 aliphatic carbocycles. The number of hydrogen-bond acceptors (Lipinski definition) is 4. The third kappa shape index (κ3) is 4.15. The molecule has 0 radical (unpaired) electrons. The lowest BCUT2D eigenvalue weighted by molar-refractivity contribution is -0.118. The predicted molar refractivity (Wildman–Crippen MR) is 113 cm³/mol. The Bertz CT molecular complexity index is 1220. The van der Waals surface area contributed by atoms with Crippen LogP contribution in [0.1, 0.15) is 0 Å². The molecule has 3 aromatic carbocycles. The molecule has 1 heterocycles. The van der Waals surface area contributed by atoms with Crippen LogP contribution in [0.2, 0.25) is 5.02 Å². The fraction of sp³-hybridized carbons (Fsp3) is 0.0435. The van der Waals surface area contributed by atoms with Crippen LogP contribution in [0.4, 0.5) is 5.69 Å². The molecule has 4 rings (SSSR count). The van der Waals surface area contributed by atoms with Crippen molar-refractivity contribution in [3.63, 3.8) is 0 Å². The van der Waals surface area contributed by atoms with Crippen molar-refractivity contribution < 1.29 is 13.9 Å². The molecule has 0 unspecified atom stereocenters. The quantitative estimate of drug-likeness (QED) is 0.499. The molecule has 4 aromatic rings. The SMILES string of the molecule is O=C(COc1c(-c2ccc(Cl)cc2)oc2ccccc2c1=O)Nc1ccccc1. The smallest absolute Gasteiger partial charge is 0.262 e. The Morgan fingerprint density at radius 1 is 0.931 bits per heavy atom. The third-order valence-corrected chi connectivity index (χ3v) is 4.52. The number of benzene rings is 3. The molecule has 29 heavy (non-hydrogen) atoms. The van der Waals surface area contributed by atoms with Crippen molar-refractivity contribution in [2.24, 2.45) is 0 Å². The fourth-order valence-corrected chi connectivity index (χ4v) is 3.03. The molecule has 0 aliphatic rings. The molecule has 5 nitrogen and oxygen atoms in total. The lowest BCUT2D eigenvalue weighted by Gasteiger charge is -2.12. The Balaban J connectivity index is 1.69. The van der Waals surface area contributed by atoms with Crippen LogP contribution in [-0.2, 0) is 4.79 Å². The number of carbonyl (C=O) groups is 1.